The zero-order valence-electron chi connectivity index (χ0n) is 6.21. The van der Waals surface area contributed by atoms with Crippen molar-refractivity contribution < 1.29 is 5.11 Å². The van der Waals surface area contributed by atoms with E-state index >= 15 is 0 Å². The van der Waals surface area contributed by atoms with Crippen LogP contribution in [0.3, 0.4) is 0 Å². The lowest BCUT2D eigenvalue weighted by molar-refractivity contribution is 0.353. The van der Waals surface area contributed by atoms with E-state index in [1.807, 2.05) is 6.08 Å². The fraction of sp³-hybridized carbons (Fsp3) is 0.778. The van der Waals surface area contributed by atoms with Gasteiger partial charge in [0.05, 0.1) is 5.76 Å². The lowest BCUT2D eigenvalue weighted by atomic mass is 10.0. The zero-order chi connectivity index (χ0) is 6.97. The zero-order valence-corrected chi connectivity index (χ0v) is 6.21. The van der Waals surface area contributed by atoms with E-state index in [0.717, 1.165) is 24.7 Å². The highest BCUT2D eigenvalue weighted by Gasteiger charge is 2.26. The van der Waals surface area contributed by atoms with Gasteiger partial charge < -0.3 is 5.11 Å². The molecule has 0 amide bonds. The molecule has 10 heavy (non-hydrogen) atoms. The molecule has 1 N–H and O–H groups in total. The van der Waals surface area contributed by atoms with Crippen LogP contribution in [0.5, 0.6) is 0 Å². The average molecular weight is 138 g/mol. The van der Waals surface area contributed by atoms with Crippen LogP contribution < -0.4 is 0 Å². The Morgan fingerprint density at radius 1 is 1.30 bits per heavy atom. The summed E-state index contributed by atoms with van der Waals surface area (Å²) in [4.78, 5) is 0. The van der Waals surface area contributed by atoms with Crippen LogP contribution >= 0.6 is 0 Å². The van der Waals surface area contributed by atoms with Crippen molar-refractivity contribution in [3.63, 3.8) is 0 Å². The van der Waals surface area contributed by atoms with Crippen molar-refractivity contribution in [2.24, 2.45) is 11.8 Å². The molecule has 2 unspecified atom stereocenters. The maximum absolute atomic E-state index is 9.27. The van der Waals surface area contributed by atoms with Crippen LogP contribution in [-0.2, 0) is 0 Å². The molecule has 0 saturated heterocycles. The van der Waals surface area contributed by atoms with Crippen molar-refractivity contribution in [2.75, 3.05) is 0 Å². The normalized spacial score (nSPS) is 39.0. The SMILES string of the molecule is OC1=CCC2CCC(C1)C2. The summed E-state index contributed by atoms with van der Waals surface area (Å²) < 4.78 is 0. The molecule has 0 spiro atoms. The highest BCUT2D eigenvalue weighted by Crippen LogP contribution is 2.39. The number of rotatable bonds is 0. The van der Waals surface area contributed by atoms with Crippen molar-refractivity contribution in [1.29, 1.82) is 0 Å². The van der Waals surface area contributed by atoms with E-state index in [1.54, 1.807) is 0 Å². The van der Waals surface area contributed by atoms with Gasteiger partial charge in [-0.25, -0.2) is 0 Å². The van der Waals surface area contributed by atoms with E-state index in [1.165, 1.54) is 19.3 Å². The predicted octanol–water partition coefficient (Wildman–Crippen LogP) is 2.64. The van der Waals surface area contributed by atoms with E-state index < -0.39 is 0 Å². The van der Waals surface area contributed by atoms with Gasteiger partial charge in [0, 0.05) is 6.42 Å². The number of hydrogen-bond acceptors (Lipinski definition) is 1. The molecule has 1 fully saturated rings. The van der Waals surface area contributed by atoms with Gasteiger partial charge in [0.15, 0.2) is 0 Å². The average Bonchev–Trinajstić information content (AvgIpc) is 2.22. The van der Waals surface area contributed by atoms with Crippen LogP contribution in [0.1, 0.15) is 32.1 Å². The van der Waals surface area contributed by atoms with Crippen LogP contribution in [0.2, 0.25) is 0 Å². The molecule has 1 saturated carbocycles. The molecule has 2 bridgehead atoms. The number of hydrogen-bond donors (Lipinski definition) is 1. The number of aliphatic hydroxyl groups is 1. The first-order valence-electron chi connectivity index (χ1n) is 4.22. The molecule has 2 aliphatic rings. The minimum Gasteiger partial charge on any atom is -0.513 e. The van der Waals surface area contributed by atoms with Crippen LogP contribution in [0, 0.1) is 11.8 Å². The summed E-state index contributed by atoms with van der Waals surface area (Å²) in [6.07, 6.45) is 8.21. The summed E-state index contributed by atoms with van der Waals surface area (Å²) in [7, 11) is 0. The van der Waals surface area contributed by atoms with E-state index in [4.69, 9.17) is 0 Å². The monoisotopic (exact) mass is 138 g/mol. The van der Waals surface area contributed by atoms with Crippen molar-refractivity contribution in [2.45, 2.75) is 32.1 Å². The molecule has 0 aromatic rings. The van der Waals surface area contributed by atoms with Crippen molar-refractivity contribution in [3.8, 4) is 0 Å². The summed E-state index contributed by atoms with van der Waals surface area (Å²) in [6, 6.07) is 0. The molecule has 56 valence electrons. The van der Waals surface area contributed by atoms with Gasteiger partial charge in [-0.3, -0.25) is 0 Å². The van der Waals surface area contributed by atoms with Gasteiger partial charge in [-0.05, 0) is 43.6 Å². The third-order valence-corrected chi connectivity index (χ3v) is 2.83. The largest absolute Gasteiger partial charge is 0.513 e. The Balaban J connectivity index is 2.11. The van der Waals surface area contributed by atoms with Crippen molar-refractivity contribution in [3.05, 3.63) is 11.8 Å². The third-order valence-electron chi connectivity index (χ3n) is 2.83. The second kappa shape index (κ2) is 2.30. The standard InChI is InChI=1S/C9H14O/c10-9-4-3-7-1-2-8(5-7)6-9/h4,7-8,10H,1-3,5-6H2. The van der Waals surface area contributed by atoms with E-state index in [0.29, 0.717) is 5.76 Å². The van der Waals surface area contributed by atoms with E-state index in [2.05, 4.69) is 0 Å². The first kappa shape index (κ1) is 6.26. The molecule has 0 aliphatic heterocycles. The Morgan fingerprint density at radius 2 is 2.10 bits per heavy atom. The fourth-order valence-corrected chi connectivity index (χ4v) is 2.26. The summed E-state index contributed by atoms with van der Waals surface area (Å²) in [6.45, 7) is 0. The van der Waals surface area contributed by atoms with Gasteiger partial charge in [-0.15, -0.1) is 0 Å². The van der Waals surface area contributed by atoms with E-state index in [9.17, 15) is 5.11 Å². The Bertz CT molecular complexity index is 160. The first-order valence-corrected chi connectivity index (χ1v) is 4.22. The molecule has 1 heteroatoms. The Hall–Kier alpha value is -0.460. The minimum atomic E-state index is 0.646. The number of allylic oxidation sites excluding steroid dienone is 2. The fourth-order valence-electron chi connectivity index (χ4n) is 2.26. The number of fused-ring (bicyclic) bond motifs is 2. The first-order chi connectivity index (χ1) is 4.84. The Labute approximate surface area is 61.8 Å². The molecule has 2 aliphatic carbocycles. The quantitative estimate of drug-likeness (QED) is 0.545. The summed E-state index contributed by atoms with van der Waals surface area (Å²) in [5.74, 6) is 2.35. The minimum absolute atomic E-state index is 0.646. The Morgan fingerprint density at radius 3 is 3.00 bits per heavy atom. The van der Waals surface area contributed by atoms with Crippen LogP contribution in [-0.4, -0.2) is 5.11 Å². The topological polar surface area (TPSA) is 20.2 Å². The molecular formula is C9H14O. The van der Waals surface area contributed by atoms with Crippen molar-refractivity contribution in [1.82, 2.24) is 0 Å². The van der Waals surface area contributed by atoms with E-state index in [-0.39, 0.29) is 0 Å². The Kier molecular flexibility index (Phi) is 1.44. The van der Waals surface area contributed by atoms with Gasteiger partial charge in [0.1, 0.15) is 0 Å². The van der Waals surface area contributed by atoms with Gasteiger partial charge >= 0.3 is 0 Å². The molecule has 0 aromatic heterocycles. The summed E-state index contributed by atoms with van der Waals surface area (Å²) in [5.41, 5.74) is 0. The smallest absolute Gasteiger partial charge is 0.0885 e. The molecule has 0 heterocycles. The molecular weight excluding hydrogens is 124 g/mol. The molecule has 0 aromatic carbocycles. The van der Waals surface area contributed by atoms with Crippen molar-refractivity contribution >= 4 is 0 Å². The second-order valence-electron chi connectivity index (χ2n) is 3.68. The highest BCUT2D eigenvalue weighted by molar-refractivity contribution is 5.00. The van der Waals surface area contributed by atoms with Gasteiger partial charge in [-0.1, -0.05) is 0 Å². The van der Waals surface area contributed by atoms with Gasteiger partial charge in [0.25, 0.3) is 0 Å². The maximum Gasteiger partial charge on any atom is 0.0885 e. The van der Waals surface area contributed by atoms with Gasteiger partial charge in [0.2, 0.25) is 0 Å². The molecule has 2 rings (SSSR count). The van der Waals surface area contributed by atoms with Gasteiger partial charge in [-0.2, -0.15) is 0 Å². The molecule has 1 nitrogen and oxygen atoms in total. The molecule has 2 atom stereocenters. The predicted molar refractivity (Wildman–Crippen MR) is 40.8 cm³/mol. The third kappa shape index (κ3) is 1.05. The van der Waals surface area contributed by atoms with Crippen LogP contribution in [0.15, 0.2) is 11.8 Å². The lowest BCUT2D eigenvalue weighted by Crippen LogP contribution is -1.93. The summed E-state index contributed by atoms with van der Waals surface area (Å²) >= 11 is 0. The lowest BCUT2D eigenvalue weighted by Gasteiger charge is -2.05. The highest BCUT2D eigenvalue weighted by atomic mass is 16.3. The molecule has 0 radical (unpaired) electrons. The summed E-state index contributed by atoms with van der Waals surface area (Å²) in [5, 5.41) is 9.27. The second-order valence-corrected chi connectivity index (χ2v) is 3.68. The van der Waals surface area contributed by atoms with Crippen LogP contribution in [0.4, 0.5) is 0 Å². The van der Waals surface area contributed by atoms with Crippen LogP contribution in [0.25, 0.3) is 0 Å². The maximum atomic E-state index is 9.27. The number of aliphatic hydroxyl groups excluding tert-OH is 1.